The van der Waals surface area contributed by atoms with Gasteiger partial charge in [0.2, 0.25) is 0 Å². The van der Waals surface area contributed by atoms with E-state index in [0.717, 1.165) is 21.3 Å². The van der Waals surface area contributed by atoms with Crippen molar-refractivity contribution in [2.45, 2.75) is 33.6 Å². The van der Waals surface area contributed by atoms with Crippen LogP contribution < -0.4 is 20.3 Å². The summed E-state index contributed by atoms with van der Waals surface area (Å²) >= 11 is 3.42. The normalized spacial score (nSPS) is 11.1. The largest absolute Gasteiger partial charge is 0.490 e. The number of aryl methyl sites for hydroxylation is 2. The fourth-order valence-electron chi connectivity index (χ4n) is 4.20. The molecule has 1 aromatic heterocycles. The van der Waals surface area contributed by atoms with Gasteiger partial charge in [-0.05, 0) is 67.8 Å². The van der Waals surface area contributed by atoms with Crippen molar-refractivity contribution in [3.8, 4) is 11.5 Å². The predicted octanol–water partition coefficient (Wildman–Crippen LogP) is 6.06. The highest BCUT2D eigenvalue weighted by molar-refractivity contribution is 9.10. The van der Waals surface area contributed by atoms with Crippen LogP contribution in [0.5, 0.6) is 11.5 Å². The van der Waals surface area contributed by atoms with Gasteiger partial charge in [0, 0.05) is 22.1 Å². The number of hydrogen-bond acceptors (Lipinski definition) is 6. The summed E-state index contributed by atoms with van der Waals surface area (Å²) in [7, 11) is 0. The second-order valence-corrected chi connectivity index (χ2v) is 9.91. The van der Waals surface area contributed by atoms with Crippen molar-refractivity contribution in [3.63, 3.8) is 0 Å². The molecule has 1 N–H and O–H groups in total. The first-order chi connectivity index (χ1) is 19.3. The Balaban J connectivity index is 1.66. The summed E-state index contributed by atoms with van der Waals surface area (Å²) in [6.45, 7) is 9.78. The van der Waals surface area contributed by atoms with Gasteiger partial charge in [0.15, 0.2) is 18.1 Å². The predicted molar refractivity (Wildman–Crippen MR) is 163 cm³/mol. The van der Waals surface area contributed by atoms with Crippen LogP contribution >= 0.6 is 15.9 Å². The van der Waals surface area contributed by atoms with E-state index in [1.165, 1.54) is 4.68 Å². The van der Waals surface area contributed by atoms with Gasteiger partial charge in [-0.1, -0.05) is 47.1 Å². The van der Waals surface area contributed by atoms with E-state index in [2.05, 4.69) is 37.9 Å². The van der Waals surface area contributed by atoms with Crippen molar-refractivity contribution in [1.29, 1.82) is 0 Å². The van der Waals surface area contributed by atoms with E-state index < -0.39 is 0 Å². The van der Waals surface area contributed by atoms with Gasteiger partial charge in [0.1, 0.15) is 5.82 Å². The highest BCUT2D eigenvalue weighted by atomic mass is 79.9. The number of carbonyl (C=O) groups excluding carboxylic acids is 1. The minimum absolute atomic E-state index is 0.195. The Morgan fingerprint density at radius 2 is 1.95 bits per heavy atom. The van der Waals surface area contributed by atoms with Crippen LogP contribution in [0.3, 0.4) is 0 Å². The van der Waals surface area contributed by atoms with Crippen LogP contribution in [0.15, 0.2) is 81.6 Å². The molecule has 0 bridgehead atoms. The number of aromatic nitrogens is 2. The average Bonchev–Trinajstić information content (AvgIpc) is 2.94. The number of nitrogens with zero attached hydrogens (tertiary/aromatic N) is 3. The molecule has 0 saturated heterocycles. The molecular weight excluding hydrogens is 572 g/mol. The fraction of sp³-hybridized carbons (Fsp3) is 0.226. The highest BCUT2D eigenvalue weighted by Crippen LogP contribution is 2.34. The number of nitrogens with one attached hydrogen (secondary N) is 1. The standard InChI is InChI=1S/C31H31BrN4O4/c1-5-10-22-15-21(18-33-36-28(6-2)34-26-14-13-23(32)17-24(26)31(36)38)16-27(39-7-3)30(22)40-19-29(37)35-25-12-9-8-11-20(25)4/h5,8-9,11-18H,1,6-7,10,19H2,2-4H3,(H,35,37). The summed E-state index contributed by atoms with van der Waals surface area (Å²) in [6.07, 6.45) is 4.34. The number of fused-ring (bicyclic) bond motifs is 1. The number of para-hydroxylation sites is 1. The second kappa shape index (κ2) is 13.2. The topological polar surface area (TPSA) is 94.8 Å². The third-order valence-electron chi connectivity index (χ3n) is 6.10. The summed E-state index contributed by atoms with van der Waals surface area (Å²) in [4.78, 5) is 30.5. The first-order valence-electron chi connectivity index (χ1n) is 13.0. The quantitative estimate of drug-likeness (QED) is 0.166. The molecule has 0 spiro atoms. The highest BCUT2D eigenvalue weighted by Gasteiger charge is 2.16. The molecular formula is C31H31BrN4O4. The number of halogens is 1. The monoisotopic (exact) mass is 602 g/mol. The summed E-state index contributed by atoms with van der Waals surface area (Å²) in [5.41, 5.74) is 3.53. The van der Waals surface area contributed by atoms with Crippen LogP contribution in [0, 0.1) is 6.92 Å². The number of anilines is 1. The van der Waals surface area contributed by atoms with Gasteiger partial charge in [-0.25, -0.2) is 4.98 Å². The third kappa shape index (κ3) is 6.66. The fourth-order valence-corrected chi connectivity index (χ4v) is 4.56. The lowest BCUT2D eigenvalue weighted by atomic mass is 10.1. The van der Waals surface area contributed by atoms with Crippen LogP contribution in [0.2, 0.25) is 0 Å². The Morgan fingerprint density at radius 3 is 2.67 bits per heavy atom. The van der Waals surface area contributed by atoms with Gasteiger partial charge < -0.3 is 14.8 Å². The third-order valence-corrected chi connectivity index (χ3v) is 6.59. The smallest absolute Gasteiger partial charge is 0.282 e. The van der Waals surface area contributed by atoms with Crippen LogP contribution in [0.4, 0.5) is 5.69 Å². The average molecular weight is 604 g/mol. The van der Waals surface area contributed by atoms with Crippen LogP contribution in [-0.4, -0.2) is 35.0 Å². The minimum atomic E-state index is -0.283. The molecule has 0 radical (unpaired) electrons. The van der Waals surface area contributed by atoms with Gasteiger partial charge in [0.05, 0.1) is 23.7 Å². The Bertz CT molecular complexity index is 1640. The summed E-state index contributed by atoms with van der Waals surface area (Å²) < 4.78 is 14.0. The van der Waals surface area contributed by atoms with Crippen molar-refractivity contribution in [2.24, 2.45) is 5.10 Å². The lowest BCUT2D eigenvalue weighted by molar-refractivity contribution is -0.118. The van der Waals surface area contributed by atoms with Crippen LogP contribution in [-0.2, 0) is 17.6 Å². The maximum absolute atomic E-state index is 13.3. The van der Waals surface area contributed by atoms with Crippen molar-refractivity contribution >= 4 is 44.6 Å². The molecule has 40 heavy (non-hydrogen) atoms. The molecule has 0 unspecified atom stereocenters. The van der Waals surface area contributed by atoms with E-state index in [0.29, 0.717) is 53.2 Å². The Morgan fingerprint density at radius 1 is 1.15 bits per heavy atom. The molecule has 206 valence electrons. The number of carbonyl (C=O) groups is 1. The van der Waals surface area contributed by atoms with Gasteiger partial charge in [-0.3, -0.25) is 9.59 Å². The van der Waals surface area contributed by atoms with Crippen LogP contribution in [0.25, 0.3) is 10.9 Å². The van der Waals surface area contributed by atoms with Gasteiger partial charge in [0.25, 0.3) is 11.5 Å². The van der Waals surface area contributed by atoms with Gasteiger partial charge in [-0.2, -0.15) is 9.78 Å². The molecule has 9 heteroatoms. The molecule has 4 aromatic rings. The van der Waals surface area contributed by atoms with Crippen molar-refractivity contribution in [3.05, 3.63) is 105 Å². The number of benzene rings is 3. The zero-order valence-electron chi connectivity index (χ0n) is 22.7. The zero-order chi connectivity index (χ0) is 28.6. The molecule has 1 heterocycles. The van der Waals surface area contributed by atoms with E-state index in [4.69, 9.17) is 9.47 Å². The van der Waals surface area contributed by atoms with E-state index >= 15 is 0 Å². The molecule has 8 nitrogen and oxygen atoms in total. The maximum Gasteiger partial charge on any atom is 0.282 e. The summed E-state index contributed by atoms with van der Waals surface area (Å²) in [6, 6.07) is 16.6. The van der Waals surface area contributed by atoms with Crippen molar-refractivity contribution in [1.82, 2.24) is 9.66 Å². The Hall–Kier alpha value is -4.24. The van der Waals surface area contributed by atoms with E-state index in [-0.39, 0.29) is 18.1 Å². The minimum Gasteiger partial charge on any atom is -0.490 e. The lowest BCUT2D eigenvalue weighted by Gasteiger charge is -2.17. The number of amides is 1. The molecule has 0 aliphatic rings. The molecule has 4 rings (SSSR count). The number of ether oxygens (including phenoxy) is 2. The summed E-state index contributed by atoms with van der Waals surface area (Å²) in [5, 5.41) is 7.85. The molecule has 3 aromatic carbocycles. The number of rotatable bonds is 11. The van der Waals surface area contributed by atoms with Gasteiger partial charge >= 0.3 is 0 Å². The van der Waals surface area contributed by atoms with Crippen molar-refractivity contribution < 1.29 is 14.3 Å². The molecule has 0 aliphatic carbocycles. The second-order valence-electron chi connectivity index (χ2n) is 8.99. The zero-order valence-corrected chi connectivity index (χ0v) is 24.3. The van der Waals surface area contributed by atoms with E-state index in [9.17, 15) is 9.59 Å². The van der Waals surface area contributed by atoms with Crippen LogP contribution in [0.1, 0.15) is 36.4 Å². The van der Waals surface area contributed by atoms with Gasteiger partial charge in [-0.15, -0.1) is 6.58 Å². The SMILES string of the molecule is C=CCc1cc(C=Nn2c(CC)nc3ccc(Br)cc3c2=O)cc(OCC)c1OCC(=O)Nc1ccccc1C. The first kappa shape index (κ1) is 28.8. The Kier molecular flexibility index (Phi) is 9.50. The molecule has 0 fully saturated rings. The molecule has 1 amide bonds. The Labute approximate surface area is 241 Å². The van der Waals surface area contributed by atoms with E-state index in [1.807, 2.05) is 63.2 Å². The number of hydrogen-bond donors (Lipinski definition) is 1. The molecule has 0 aliphatic heterocycles. The molecule has 0 atom stereocenters. The molecule has 0 saturated carbocycles. The van der Waals surface area contributed by atoms with E-state index in [1.54, 1.807) is 24.4 Å². The van der Waals surface area contributed by atoms with Crippen molar-refractivity contribution in [2.75, 3.05) is 18.5 Å². The maximum atomic E-state index is 13.3. The lowest BCUT2D eigenvalue weighted by Crippen LogP contribution is -2.22. The summed E-state index contributed by atoms with van der Waals surface area (Å²) in [5.74, 6) is 1.19. The first-order valence-corrected chi connectivity index (χ1v) is 13.8. The number of allylic oxidation sites excluding steroid dienone is 1.